The van der Waals surface area contributed by atoms with Crippen LogP contribution >= 0.6 is 0 Å². The van der Waals surface area contributed by atoms with Crippen LogP contribution in [0.5, 0.6) is 0 Å². The van der Waals surface area contributed by atoms with Crippen LogP contribution in [0.3, 0.4) is 0 Å². The summed E-state index contributed by atoms with van der Waals surface area (Å²) in [4.78, 5) is 43.9. The summed E-state index contributed by atoms with van der Waals surface area (Å²) in [6, 6.07) is 0. The summed E-state index contributed by atoms with van der Waals surface area (Å²) in [5.41, 5.74) is 0. The number of carbonyl (C=O) groups is 4. The highest BCUT2D eigenvalue weighted by molar-refractivity contribution is 5.89. The zero-order valence-electron chi connectivity index (χ0n) is 13.8. The lowest BCUT2D eigenvalue weighted by Crippen LogP contribution is -2.25. The van der Waals surface area contributed by atoms with Crippen molar-refractivity contribution in [3.05, 3.63) is 0 Å². The smallest absolute Gasteiger partial charge is 0.134 e. The maximum Gasteiger partial charge on any atom is 0.134 e. The molecule has 0 unspecified atom stereocenters. The number of carbonyl (C=O) groups excluding carboxylic acids is 4. The summed E-state index contributed by atoms with van der Waals surface area (Å²) in [6.07, 6.45) is 0. The molecule has 0 aliphatic carbocycles. The normalized spacial score (nSPS) is 30.4. The Balaban J connectivity index is 0.000000220. The van der Waals surface area contributed by atoms with E-state index in [9.17, 15) is 19.2 Å². The first-order valence-electron chi connectivity index (χ1n) is 7.69. The second-order valence-electron chi connectivity index (χ2n) is 6.19. The number of ketones is 4. The molecule has 0 saturated carbocycles. The topological polar surface area (TPSA) is 92.3 Å². The highest BCUT2D eigenvalue weighted by atomic mass is 16.1. The van der Waals surface area contributed by atoms with Gasteiger partial charge in [0.2, 0.25) is 0 Å². The van der Waals surface area contributed by atoms with E-state index in [0.717, 1.165) is 0 Å². The molecule has 2 aliphatic heterocycles. The molecule has 2 rings (SSSR count). The summed E-state index contributed by atoms with van der Waals surface area (Å²) in [5.74, 6) is 0.177. The summed E-state index contributed by atoms with van der Waals surface area (Å²) in [5, 5.41) is 6.09. The molecule has 2 N–H and O–H groups in total. The third kappa shape index (κ3) is 4.81. The molecule has 22 heavy (non-hydrogen) atoms. The molecule has 0 amide bonds. The van der Waals surface area contributed by atoms with Gasteiger partial charge < -0.3 is 10.6 Å². The molecule has 0 aromatic carbocycles. The predicted molar refractivity (Wildman–Crippen MR) is 82.4 cm³/mol. The van der Waals surface area contributed by atoms with Crippen molar-refractivity contribution in [1.82, 2.24) is 10.6 Å². The van der Waals surface area contributed by atoms with E-state index in [1.54, 1.807) is 27.7 Å². The van der Waals surface area contributed by atoms with Gasteiger partial charge in [0.15, 0.2) is 0 Å². The van der Waals surface area contributed by atoms with Crippen molar-refractivity contribution >= 4 is 23.1 Å². The van der Waals surface area contributed by atoms with E-state index in [1.807, 2.05) is 0 Å². The van der Waals surface area contributed by atoms with Crippen LogP contribution in [0.4, 0.5) is 0 Å². The van der Waals surface area contributed by atoms with Gasteiger partial charge in [-0.05, 0) is 27.7 Å². The minimum atomic E-state index is -0.0764. The first-order chi connectivity index (χ1) is 10.3. The zero-order valence-corrected chi connectivity index (χ0v) is 13.8. The highest BCUT2D eigenvalue weighted by Crippen LogP contribution is 2.18. The van der Waals surface area contributed by atoms with Crippen molar-refractivity contribution in [2.45, 2.75) is 27.7 Å². The maximum absolute atomic E-state index is 11.0. The molecule has 2 fully saturated rings. The lowest BCUT2D eigenvalue weighted by Gasteiger charge is -2.10. The van der Waals surface area contributed by atoms with E-state index in [-0.39, 0.29) is 46.8 Å². The minimum absolute atomic E-state index is 0.0764. The fourth-order valence-corrected chi connectivity index (χ4v) is 3.07. The monoisotopic (exact) mass is 310 g/mol. The van der Waals surface area contributed by atoms with Crippen LogP contribution in [0.25, 0.3) is 0 Å². The predicted octanol–water partition coefficient (Wildman–Crippen LogP) is 0.00000000000000111. The van der Waals surface area contributed by atoms with Gasteiger partial charge in [-0.3, -0.25) is 19.2 Å². The highest BCUT2D eigenvalue weighted by Gasteiger charge is 2.34. The van der Waals surface area contributed by atoms with E-state index in [4.69, 9.17) is 0 Å². The van der Waals surface area contributed by atoms with Gasteiger partial charge in [0.1, 0.15) is 23.1 Å². The Labute approximate surface area is 131 Å². The van der Waals surface area contributed by atoms with Crippen LogP contribution in [0, 0.1) is 23.7 Å². The first kappa shape index (κ1) is 18.6. The summed E-state index contributed by atoms with van der Waals surface area (Å²) < 4.78 is 0. The van der Waals surface area contributed by atoms with Crippen molar-refractivity contribution in [1.29, 1.82) is 0 Å². The fraction of sp³-hybridized carbons (Fsp3) is 0.750. The molecule has 0 radical (unpaired) electrons. The largest absolute Gasteiger partial charge is 0.315 e. The molecule has 0 bridgehead atoms. The molecule has 0 aromatic rings. The van der Waals surface area contributed by atoms with Gasteiger partial charge in [-0.2, -0.15) is 0 Å². The van der Waals surface area contributed by atoms with Gasteiger partial charge in [0.05, 0.1) is 0 Å². The molecule has 0 aromatic heterocycles. The number of hydrogen-bond acceptors (Lipinski definition) is 6. The Bertz CT molecular complexity index is 379. The first-order valence-corrected chi connectivity index (χ1v) is 7.69. The molecular formula is C16H26N2O4. The third-order valence-electron chi connectivity index (χ3n) is 4.52. The van der Waals surface area contributed by atoms with Crippen LogP contribution in [-0.2, 0) is 19.2 Å². The van der Waals surface area contributed by atoms with Gasteiger partial charge in [-0.1, -0.05) is 0 Å². The molecule has 6 nitrogen and oxygen atoms in total. The Morgan fingerprint density at radius 2 is 0.727 bits per heavy atom. The number of nitrogens with one attached hydrogen (secondary N) is 2. The van der Waals surface area contributed by atoms with Crippen molar-refractivity contribution in [2.75, 3.05) is 26.2 Å². The molecule has 6 heteroatoms. The molecule has 124 valence electrons. The maximum atomic E-state index is 11.0. The Kier molecular flexibility index (Phi) is 7.03. The second kappa shape index (κ2) is 8.29. The molecule has 4 atom stereocenters. The van der Waals surface area contributed by atoms with Gasteiger partial charge in [-0.25, -0.2) is 0 Å². The van der Waals surface area contributed by atoms with Gasteiger partial charge in [0.25, 0.3) is 0 Å². The van der Waals surface area contributed by atoms with Gasteiger partial charge in [0, 0.05) is 49.9 Å². The Morgan fingerprint density at radius 3 is 0.864 bits per heavy atom. The van der Waals surface area contributed by atoms with Crippen molar-refractivity contribution in [3.8, 4) is 0 Å². The average molecular weight is 310 g/mol. The number of Topliss-reactive ketones (excluding diaryl/α,β-unsaturated/α-hetero) is 4. The molecule has 0 spiro atoms. The van der Waals surface area contributed by atoms with Crippen LogP contribution in [0.2, 0.25) is 0 Å². The van der Waals surface area contributed by atoms with Gasteiger partial charge >= 0.3 is 0 Å². The van der Waals surface area contributed by atoms with Crippen LogP contribution in [-0.4, -0.2) is 49.3 Å². The van der Waals surface area contributed by atoms with E-state index in [2.05, 4.69) is 10.6 Å². The minimum Gasteiger partial charge on any atom is -0.315 e. The van der Waals surface area contributed by atoms with Crippen LogP contribution in [0.1, 0.15) is 27.7 Å². The SMILES string of the molecule is CC(=O)[C@@H]1CNC[C@H]1C(C)=O.CC(=O)[C@H]1CNC[C@@H]1C(C)=O. The van der Waals surface area contributed by atoms with Crippen LogP contribution in [0.15, 0.2) is 0 Å². The molecule has 2 saturated heterocycles. The Hall–Kier alpha value is -1.40. The quantitative estimate of drug-likeness (QED) is 0.759. The third-order valence-corrected chi connectivity index (χ3v) is 4.52. The van der Waals surface area contributed by atoms with E-state index in [1.165, 1.54) is 0 Å². The molecule has 2 aliphatic rings. The fourth-order valence-electron chi connectivity index (χ4n) is 3.07. The van der Waals surface area contributed by atoms with Crippen molar-refractivity contribution in [3.63, 3.8) is 0 Å². The lowest BCUT2D eigenvalue weighted by atomic mass is 9.90. The summed E-state index contributed by atoms with van der Waals surface area (Å²) in [6.45, 7) is 8.86. The molecule has 2 heterocycles. The van der Waals surface area contributed by atoms with E-state index in [0.29, 0.717) is 26.2 Å². The standard InChI is InChI=1S/2C8H13NO2/c2*1-5(10)7-3-9-4-8(7)6(2)11/h2*7-9H,3-4H2,1-2H3/t2*7-,8-/m10/s1. The Morgan fingerprint density at radius 1 is 0.545 bits per heavy atom. The summed E-state index contributed by atoms with van der Waals surface area (Å²) in [7, 11) is 0. The summed E-state index contributed by atoms with van der Waals surface area (Å²) >= 11 is 0. The average Bonchev–Trinajstić information content (AvgIpc) is 3.08. The van der Waals surface area contributed by atoms with Gasteiger partial charge in [-0.15, -0.1) is 0 Å². The lowest BCUT2D eigenvalue weighted by molar-refractivity contribution is -0.128. The van der Waals surface area contributed by atoms with Crippen LogP contribution < -0.4 is 10.6 Å². The second-order valence-corrected chi connectivity index (χ2v) is 6.19. The van der Waals surface area contributed by atoms with E-state index >= 15 is 0 Å². The molecular weight excluding hydrogens is 284 g/mol. The number of hydrogen-bond donors (Lipinski definition) is 2. The van der Waals surface area contributed by atoms with Crippen molar-refractivity contribution < 1.29 is 19.2 Å². The zero-order chi connectivity index (χ0) is 16.9. The number of rotatable bonds is 4. The van der Waals surface area contributed by atoms with Crippen molar-refractivity contribution in [2.24, 2.45) is 23.7 Å². The van der Waals surface area contributed by atoms with E-state index < -0.39 is 0 Å².